The molecule has 2 atom stereocenters. The molecule has 1 aliphatic rings. The zero-order valence-corrected chi connectivity index (χ0v) is 12.1. The van der Waals surface area contributed by atoms with Crippen molar-refractivity contribution in [3.8, 4) is 6.01 Å². The van der Waals surface area contributed by atoms with E-state index in [-0.39, 0.29) is 30.2 Å². The lowest BCUT2D eigenvalue weighted by Gasteiger charge is -2.20. The number of ether oxygens (including phenoxy) is 2. The number of anilines is 2. The molecule has 4 N–H and O–H groups in total. The van der Waals surface area contributed by atoms with Crippen molar-refractivity contribution in [2.24, 2.45) is 5.84 Å². The predicted octanol–water partition coefficient (Wildman–Crippen LogP) is 0.924. The zero-order valence-electron chi connectivity index (χ0n) is 12.1. The Morgan fingerprint density at radius 2 is 1.95 bits per heavy atom. The van der Waals surface area contributed by atoms with Crippen LogP contribution in [0.4, 0.5) is 11.9 Å². The molecule has 2 rings (SSSR count). The smallest absolute Gasteiger partial charge is 0.323 e. The van der Waals surface area contributed by atoms with E-state index in [1.165, 1.54) is 0 Å². The van der Waals surface area contributed by atoms with Gasteiger partial charge in [-0.2, -0.15) is 15.0 Å². The van der Waals surface area contributed by atoms with E-state index in [2.05, 4.69) is 25.7 Å². The van der Waals surface area contributed by atoms with Gasteiger partial charge >= 0.3 is 6.01 Å². The molecule has 1 heterocycles. The molecule has 1 aromatic heterocycles. The van der Waals surface area contributed by atoms with Crippen LogP contribution < -0.4 is 21.3 Å². The molecule has 1 fully saturated rings. The third-order valence-electron chi connectivity index (χ3n) is 3.15. The summed E-state index contributed by atoms with van der Waals surface area (Å²) in [6.07, 6.45) is 3.34. The highest BCUT2D eigenvalue weighted by molar-refractivity contribution is 5.36. The van der Waals surface area contributed by atoms with Crippen molar-refractivity contribution < 1.29 is 9.47 Å². The number of nitrogens with two attached hydrogens (primary N) is 1. The molecular weight excluding hydrogens is 260 g/mol. The number of hydrazine groups is 1. The summed E-state index contributed by atoms with van der Waals surface area (Å²) in [5, 5.41) is 3.27. The number of aromatic nitrogens is 3. The summed E-state index contributed by atoms with van der Waals surface area (Å²) < 4.78 is 10.9. The highest BCUT2D eigenvalue weighted by Gasteiger charge is 2.28. The summed E-state index contributed by atoms with van der Waals surface area (Å²) in [7, 11) is 1.72. The fraction of sp³-hybridized carbons (Fsp3) is 0.750. The topological polar surface area (TPSA) is 107 Å². The molecule has 1 aromatic rings. The number of nitrogens with zero attached hydrogens (tertiary/aromatic N) is 3. The minimum absolute atomic E-state index is 0.0194. The Hall–Kier alpha value is -1.67. The summed E-state index contributed by atoms with van der Waals surface area (Å²) in [5.74, 6) is 6.08. The van der Waals surface area contributed by atoms with Gasteiger partial charge in [0.2, 0.25) is 11.9 Å². The van der Waals surface area contributed by atoms with Crippen molar-refractivity contribution in [1.29, 1.82) is 0 Å². The molecular formula is C12H22N6O2. The predicted molar refractivity (Wildman–Crippen MR) is 75.5 cm³/mol. The average molecular weight is 282 g/mol. The summed E-state index contributed by atoms with van der Waals surface area (Å²) in [6, 6.07) is 0.442. The van der Waals surface area contributed by atoms with Crippen molar-refractivity contribution in [3.05, 3.63) is 0 Å². The van der Waals surface area contributed by atoms with Crippen molar-refractivity contribution in [2.75, 3.05) is 17.9 Å². The van der Waals surface area contributed by atoms with Gasteiger partial charge in [-0.25, -0.2) is 5.84 Å². The second-order valence-electron chi connectivity index (χ2n) is 5.03. The number of nitrogens with one attached hydrogen (secondary N) is 2. The van der Waals surface area contributed by atoms with E-state index in [1.807, 2.05) is 13.8 Å². The molecule has 8 heteroatoms. The normalized spacial score (nSPS) is 22.1. The van der Waals surface area contributed by atoms with Crippen LogP contribution in [0, 0.1) is 0 Å². The van der Waals surface area contributed by atoms with E-state index in [9.17, 15) is 0 Å². The molecule has 1 saturated carbocycles. The minimum Gasteiger partial charge on any atom is -0.461 e. The van der Waals surface area contributed by atoms with Crippen LogP contribution in [0.3, 0.4) is 0 Å². The maximum absolute atomic E-state index is 5.49. The van der Waals surface area contributed by atoms with Gasteiger partial charge in [-0.15, -0.1) is 0 Å². The van der Waals surface area contributed by atoms with E-state index >= 15 is 0 Å². The van der Waals surface area contributed by atoms with E-state index in [4.69, 9.17) is 15.3 Å². The first-order valence-corrected chi connectivity index (χ1v) is 6.81. The summed E-state index contributed by atoms with van der Waals surface area (Å²) in [6.45, 7) is 3.81. The molecule has 0 aromatic carbocycles. The highest BCUT2D eigenvalue weighted by Crippen LogP contribution is 2.24. The van der Waals surface area contributed by atoms with Crippen LogP contribution >= 0.6 is 0 Å². The van der Waals surface area contributed by atoms with E-state index in [0.717, 1.165) is 19.3 Å². The van der Waals surface area contributed by atoms with Crippen LogP contribution in [0.1, 0.15) is 33.1 Å². The first kappa shape index (κ1) is 14.7. The van der Waals surface area contributed by atoms with Gasteiger partial charge in [0.15, 0.2) is 0 Å². The van der Waals surface area contributed by atoms with Crippen LogP contribution in [0.2, 0.25) is 0 Å². The fourth-order valence-corrected chi connectivity index (χ4v) is 2.29. The van der Waals surface area contributed by atoms with Crippen molar-refractivity contribution >= 4 is 11.9 Å². The van der Waals surface area contributed by atoms with Gasteiger partial charge < -0.3 is 14.8 Å². The van der Waals surface area contributed by atoms with Gasteiger partial charge in [0.05, 0.1) is 18.2 Å². The molecule has 1 aliphatic carbocycles. The molecule has 112 valence electrons. The molecule has 0 aliphatic heterocycles. The van der Waals surface area contributed by atoms with Gasteiger partial charge in [-0.3, -0.25) is 5.43 Å². The lowest BCUT2D eigenvalue weighted by Crippen LogP contribution is -2.31. The lowest BCUT2D eigenvalue weighted by atomic mass is 10.2. The van der Waals surface area contributed by atoms with Crippen molar-refractivity contribution in [2.45, 2.75) is 51.4 Å². The third-order valence-corrected chi connectivity index (χ3v) is 3.15. The Morgan fingerprint density at radius 1 is 1.20 bits per heavy atom. The molecule has 8 nitrogen and oxygen atoms in total. The summed E-state index contributed by atoms with van der Waals surface area (Å²) in [5.41, 5.74) is 2.42. The Morgan fingerprint density at radius 3 is 2.60 bits per heavy atom. The zero-order chi connectivity index (χ0) is 14.5. The van der Waals surface area contributed by atoms with Gasteiger partial charge in [0, 0.05) is 7.11 Å². The summed E-state index contributed by atoms with van der Waals surface area (Å²) in [4.78, 5) is 12.5. The molecule has 20 heavy (non-hydrogen) atoms. The number of rotatable bonds is 6. The van der Waals surface area contributed by atoms with Crippen LogP contribution in [-0.4, -0.2) is 40.3 Å². The van der Waals surface area contributed by atoms with E-state index in [1.54, 1.807) is 7.11 Å². The number of hydrogen-bond acceptors (Lipinski definition) is 8. The van der Waals surface area contributed by atoms with Crippen LogP contribution in [-0.2, 0) is 4.74 Å². The standard InChI is InChI=1S/C12H22N6O2/c1-7(2)20-12-16-10(15-11(17-12)18-13)14-8-5-4-6-9(8)19-3/h7-9H,4-6,13H2,1-3H3,(H2,14,15,16,17,18). The molecule has 0 radical (unpaired) electrons. The van der Waals surface area contributed by atoms with E-state index < -0.39 is 0 Å². The molecule has 0 spiro atoms. The average Bonchev–Trinajstić information content (AvgIpc) is 2.84. The Bertz CT molecular complexity index is 442. The van der Waals surface area contributed by atoms with Gasteiger partial charge in [-0.05, 0) is 33.1 Å². The maximum atomic E-state index is 5.49. The van der Waals surface area contributed by atoms with Crippen LogP contribution in [0.15, 0.2) is 0 Å². The second-order valence-corrected chi connectivity index (χ2v) is 5.03. The number of hydrogen-bond donors (Lipinski definition) is 3. The molecule has 0 saturated heterocycles. The SMILES string of the molecule is COC1CCCC1Nc1nc(NN)nc(OC(C)C)n1. The quantitative estimate of drug-likeness (QED) is 0.522. The minimum atomic E-state index is -0.0194. The monoisotopic (exact) mass is 282 g/mol. The number of nitrogen functional groups attached to an aromatic ring is 1. The second kappa shape index (κ2) is 6.67. The number of methoxy groups -OCH3 is 1. The Labute approximate surface area is 118 Å². The van der Waals surface area contributed by atoms with Gasteiger partial charge in [0.25, 0.3) is 0 Å². The van der Waals surface area contributed by atoms with Gasteiger partial charge in [-0.1, -0.05) is 0 Å². The maximum Gasteiger partial charge on any atom is 0.323 e. The largest absolute Gasteiger partial charge is 0.461 e. The third kappa shape index (κ3) is 3.67. The van der Waals surface area contributed by atoms with E-state index in [0.29, 0.717) is 5.95 Å². The first-order chi connectivity index (χ1) is 9.62. The summed E-state index contributed by atoms with van der Waals surface area (Å²) >= 11 is 0. The van der Waals surface area contributed by atoms with Gasteiger partial charge in [0.1, 0.15) is 0 Å². The molecule has 0 amide bonds. The lowest BCUT2D eigenvalue weighted by molar-refractivity contribution is 0.101. The molecule has 2 unspecified atom stereocenters. The van der Waals surface area contributed by atoms with Crippen LogP contribution in [0.25, 0.3) is 0 Å². The fourth-order valence-electron chi connectivity index (χ4n) is 2.29. The Balaban J connectivity index is 2.13. The molecule has 0 bridgehead atoms. The Kier molecular flexibility index (Phi) is 4.91. The van der Waals surface area contributed by atoms with Crippen molar-refractivity contribution in [1.82, 2.24) is 15.0 Å². The first-order valence-electron chi connectivity index (χ1n) is 6.81. The van der Waals surface area contributed by atoms with Crippen LogP contribution in [0.5, 0.6) is 6.01 Å². The highest BCUT2D eigenvalue weighted by atomic mass is 16.5. The van der Waals surface area contributed by atoms with Crippen molar-refractivity contribution in [3.63, 3.8) is 0 Å².